The fraction of sp³-hybridized carbons (Fsp3) is 0.400. The largest absolute Gasteiger partial charge is 0.383 e. The molecule has 0 radical (unpaired) electrons. The molecule has 0 spiro atoms. The SMILES string of the molecule is CN(C)C=C(C(=S)N1CCOCC1)c1ccc(Br)cc1. The molecule has 0 saturated carbocycles. The van der Waals surface area contributed by atoms with Crippen molar-refractivity contribution in [1.82, 2.24) is 9.80 Å². The third kappa shape index (κ3) is 4.04. The fourth-order valence-electron chi connectivity index (χ4n) is 2.08. The van der Waals surface area contributed by atoms with Crippen molar-refractivity contribution in [1.29, 1.82) is 0 Å². The van der Waals surface area contributed by atoms with E-state index < -0.39 is 0 Å². The van der Waals surface area contributed by atoms with Crippen molar-refractivity contribution in [3.63, 3.8) is 0 Å². The Bertz CT molecular complexity index is 493. The Kier molecular flexibility index (Phi) is 5.57. The molecule has 1 saturated heterocycles. The zero-order valence-electron chi connectivity index (χ0n) is 11.8. The summed E-state index contributed by atoms with van der Waals surface area (Å²) in [5.74, 6) is 0. The van der Waals surface area contributed by atoms with Crippen LogP contribution in [0.3, 0.4) is 0 Å². The molecule has 5 heteroatoms. The summed E-state index contributed by atoms with van der Waals surface area (Å²) in [4.78, 5) is 5.14. The second-order valence-corrected chi connectivity index (χ2v) is 6.22. The molecule has 1 fully saturated rings. The fourth-order valence-corrected chi connectivity index (χ4v) is 2.70. The lowest BCUT2D eigenvalue weighted by Crippen LogP contribution is -2.40. The molecule has 0 N–H and O–H groups in total. The van der Waals surface area contributed by atoms with Crippen LogP contribution in [0.25, 0.3) is 5.57 Å². The highest BCUT2D eigenvalue weighted by molar-refractivity contribution is 9.10. The number of ether oxygens (including phenoxy) is 1. The Morgan fingerprint density at radius 2 is 1.85 bits per heavy atom. The van der Waals surface area contributed by atoms with Gasteiger partial charge in [0, 0.05) is 43.4 Å². The summed E-state index contributed by atoms with van der Waals surface area (Å²) in [7, 11) is 4.03. The van der Waals surface area contributed by atoms with Crippen LogP contribution in [0.15, 0.2) is 34.9 Å². The van der Waals surface area contributed by atoms with Gasteiger partial charge in [-0.15, -0.1) is 0 Å². The van der Waals surface area contributed by atoms with E-state index in [0.717, 1.165) is 46.9 Å². The van der Waals surface area contributed by atoms with Crippen LogP contribution in [0.4, 0.5) is 0 Å². The van der Waals surface area contributed by atoms with Crippen LogP contribution in [-0.2, 0) is 4.74 Å². The van der Waals surface area contributed by atoms with Gasteiger partial charge < -0.3 is 14.5 Å². The number of hydrogen-bond donors (Lipinski definition) is 0. The predicted octanol–water partition coefficient (Wildman–Crippen LogP) is 3.01. The van der Waals surface area contributed by atoms with Gasteiger partial charge in [0.25, 0.3) is 0 Å². The van der Waals surface area contributed by atoms with Gasteiger partial charge in [-0.25, -0.2) is 0 Å². The molecule has 0 atom stereocenters. The van der Waals surface area contributed by atoms with E-state index in [1.54, 1.807) is 0 Å². The Balaban J connectivity index is 2.27. The number of rotatable bonds is 3. The first-order chi connectivity index (χ1) is 9.58. The lowest BCUT2D eigenvalue weighted by Gasteiger charge is -2.30. The Morgan fingerprint density at radius 1 is 1.25 bits per heavy atom. The van der Waals surface area contributed by atoms with Crippen molar-refractivity contribution in [3.05, 3.63) is 40.5 Å². The minimum atomic E-state index is 0.746. The number of hydrogen-bond acceptors (Lipinski definition) is 3. The summed E-state index contributed by atoms with van der Waals surface area (Å²) in [6, 6.07) is 8.26. The highest BCUT2D eigenvalue weighted by Crippen LogP contribution is 2.22. The normalized spacial score (nSPS) is 16.1. The molecular formula is C15H19BrN2OS. The van der Waals surface area contributed by atoms with E-state index in [2.05, 4.69) is 39.2 Å². The first-order valence-corrected chi connectivity index (χ1v) is 7.79. The van der Waals surface area contributed by atoms with Gasteiger partial charge in [0.2, 0.25) is 0 Å². The van der Waals surface area contributed by atoms with Crippen molar-refractivity contribution in [2.45, 2.75) is 0 Å². The molecule has 0 amide bonds. The number of thiocarbonyl (C=S) groups is 1. The van der Waals surface area contributed by atoms with Gasteiger partial charge in [-0.3, -0.25) is 0 Å². The van der Waals surface area contributed by atoms with Gasteiger partial charge in [0.1, 0.15) is 4.99 Å². The molecule has 1 aromatic rings. The number of benzene rings is 1. The van der Waals surface area contributed by atoms with Crippen molar-refractivity contribution in [3.8, 4) is 0 Å². The van der Waals surface area contributed by atoms with E-state index >= 15 is 0 Å². The van der Waals surface area contributed by atoms with Crippen LogP contribution in [0.2, 0.25) is 0 Å². The molecule has 1 aliphatic heterocycles. The van der Waals surface area contributed by atoms with Gasteiger partial charge >= 0.3 is 0 Å². The van der Waals surface area contributed by atoms with Gasteiger partial charge in [0.15, 0.2) is 0 Å². The van der Waals surface area contributed by atoms with Gasteiger partial charge in [-0.2, -0.15) is 0 Å². The highest BCUT2D eigenvalue weighted by atomic mass is 79.9. The standard InChI is InChI=1S/C15H19BrN2OS/c1-17(2)11-14(12-3-5-13(16)6-4-12)15(20)18-7-9-19-10-8-18/h3-6,11H,7-10H2,1-2H3. The lowest BCUT2D eigenvalue weighted by molar-refractivity contribution is 0.0696. The summed E-state index contributed by atoms with van der Waals surface area (Å²) in [6.45, 7) is 3.21. The highest BCUT2D eigenvalue weighted by Gasteiger charge is 2.18. The Morgan fingerprint density at radius 3 is 2.40 bits per heavy atom. The molecular weight excluding hydrogens is 336 g/mol. The average Bonchev–Trinajstić information content (AvgIpc) is 2.46. The molecule has 1 aliphatic rings. The summed E-state index contributed by atoms with van der Waals surface area (Å²) in [6.07, 6.45) is 2.08. The average molecular weight is 355 g/mol. The zero-order chi connectivity index (χ0) is 14.5. The third-order valence-electron chi connectivity index (χ3n) is 3.07. The van der Waals surface area contributed by atoms with Crippen molar-refractivity contribution in [2.75, 3.05) is 40.4 Å². The maximum Gasteiger partial charge on any atom is 0.111 e. The zero-order valence-corrected chi connectivity index (χ0v) is 14.2. The molecule has 0 unspecified atom stereocenters. The second kappa shape index (κ2) is 7.20. The van der Waals surface area contributed by atoms with Gasteiger partial charge in [-0.1, -0.05) is 40.3 Å². The first kappa shape index (κ1) is 15.5. The number of halogens is 1. The van der Waals surface area contributed by atoms with Crippen LogP contribution < -0.4 is 0 Å². The van der Waals surface area contributed by atoms with E-state index in [1.165, 1.54) is 0 Å². The van der Waals surface area contributed by atoms with Crippen LogP contribution in [0.1, 0.15) is 5.56 Å². The molecule has 20 heavy (non-hydrogen) atoms. The monoisotopic (exact) mass is 354 g/mol. The molecule has 3 nitrogen and oxygen atoms in total. The molecule has 0 aromatic heterocycles. The molecule has 108 valence electrons. The van der Waals surface area contributed by atoms with Crippen LogP contribution in [0, 0.1) is 0 Å². The Labute approximate surface area is 134 Å². The van der Waals surface area contributed by atoms with Gasteiger partial charge in [0.05, 0.1) is 13.2 Å². The number of nitrogens with zero attached hydrogens (tertiary/aromatic N) is 2. The number of morpholine rings is 1. The second-order valence-electron chi connectivity index (χ2n) is 4.92. The molecule has 1 heterocycles. The molecule has 2 rings (SSSR count). The van der Waals surface area contributed by atoms with E-state index in [-0.39, 0.29) is 0 Å². The summed E-state index contributed by atoms with van der Waals surface area (Å²) in [5, 5.41) is 0. The summed E-state index contributed by atoms with van der Waals surface area (Å²) < 4.78 is 6.47. The summed E-state index contributed by atoms with van der Waals surface area (Å²) >= 11 is 9.16. The topological polar surface area (TPSA) is 15.7 Å². The molecule has 0 aliphatic carbocycles. The molecule has 1 aromatic carbocycles. The first-order valence-electron chi connectivity index (χ1n) is 6.59. The van der Waals surface area contributed by atoms with Crippen molar-refractivity contribution < 1.29 is 4.74 Å². The third-order valence-corrected chi connectivity index (χ3v) is 4.08. The van der Waals surface area contributed by atoms with Crippen molar-refractivity contribution in [2.24, 2.45) is 0 Å². The minimum absolute atomic E-state index is 0.746. The quantitative estimate of drug-likeness (QED) is 0.612. The Hall–Kier alpha value is -0.910. The van der Waals surface area contributed by atoms with E-state index in [1.807, 2.05) is 31.1 Å². The van der Waals surface area contributed by atoms with E-state index in [4.69, 9.17) is 17.0 Å². The summed E-state index contributed by atoms with van der Waals surface area (Å²) in [5.41, 5.74) is 2.22. The van der Waals surface area contributed by atoms with E-state index in [0.29, 0.717) is 0 Å². The van der Waals surface area contributed by atoms with Crippen LogP contribution in [-0.4, -0.2) is 55.2 Å². The predicted molar refractivity (Wildman–Crippen MR) is 90.8 cm³/mol. The van der Waals surface area contributed by atoms with Crippen LogP contribution >= 0.6 is 28.1 Å². The maximum atomic E-state index is 5.69. The van der Waals surface area contributed by atoms with E-state index in [9.17, 15) is 0 Å². The van der Waals surface area contributed by atoms with Crippen molar-refractivity contribution >= 4 is 38.7 Å². The maximum absolute atomic E-state index is 5.69. The lowest BCUT2D eigenvalue weighted by atomic mass is 10.1. The van der Waals surface area contributed by atoms with Crippen LogP contribution in [0.5, 0.6) is 0 Å². The minimum Gasteiger partial charge on any atom is -0.383 e. The smallest absolute Gasteiger partial charge is 0.111 e. The van der Waals surface area contributed by atoms with Gasteiger partial charge in [-0.05, 0) is 17.7 Å². The molecule has 0 bridgehead atoms.